The first-order valence-electron chi connectivity index (χ1n) is 4.64. The molecule has 0 aliphatic carbocycles. The number of alkyl halides is 1. The lowest BCUT2D eigenvalue weighted by Crippen LogP contribution is -2.44. The summed E-state index contributed by atoms with van der Waals surface area (Å²) in [6, 6.07) is 0.337. The van der Waals surface area contributed by atoms with E-state index in [0.717, 1.165) is 25.9 Å². The largest absolute Gasteiger partial charge is 0.328 e. The fourth-order valence-electron chi connectivity index (χ4n) is 1.64. The summed E-state index contributed by atoms with van der Waals surface area (Å²) in [4.78, 5) is 2.16. The van der Waals surface area contributed by atoms with Gasteiger partial charge in [0.25, 0.3) is 0 Å². The second kappa shape index (κ2) is 6.83. The predicted octanol–water partition coefficient (Wildman–Crippen LogP) is 2.00. The van der Waals surface area contributed by atoms with Crippen molar-refractivity contribution in [2.45, 2.75) is 38.4 Å². The molecule has 0 aromatic carbocycles. The molecule has 1 rings (SSSR count). The van der Waals surface area contributed by atoms with Crippen molar-refractivity contribution in [2.24, 2.45) is 5.73 Å². The Balaban J connectivity index is 0. The molecule has 1 heterocycles. The lowest BCUT2D eigenvalue weighted by atomic mass is 10.0. The summed E-state index contributed by atoms with van der Waals surface area (Å²) in [6.07, 6.45) is 2.02. The Labute approximate surface area is 98.2 Å². The van der Waals surface area contributed by atoms with Crippen molar-refractivity contribution in [3.05, 3.63) is 0 Å². The van der Waals surface area contributed by atoms with E-state index < -0.39 is 5.67 Å². The van der Waals surface area contributed by atoms with Crippen LogP contribution in [0.15, 0.2) is 0 Å². The average molecular weight is 247 g/mol. The number of hydrogen-bond donors (Lipinski definition) is 1. The molecule has 1 aliphatic heterocycles. The third-order valence-corrected chi connectivity index (χ3v) is 2.23. The van der Waals surface area contributed by atoms with Gasteiger partial charge in [0.2, 0.25) is 0 Å². The Hall–Kier alpha value is 0.430. The Morgan fingerprint density at radius 1 is 1.29 bits per heavy atom. The maximum Gasteiger partial charge on any atom is 0.118 e. The maximum atomic E-state index is 13.2. The van der Waals surface area contributed by atoms with Gasteiger partial charge in [-0.1, -0.05) is 0 Å². The van der Waals surface area contributed by atoms with Gasteiger partial charge in [0.1, 0.15) is 5.67 Å². The molecule has 5 heteroatoms. The molecule has 1 aliphatic rings. The molecule has 2 nitrogen and oxygen atoms in total. The summed E-state index contributed by atoms with van der Waals surface area (Å²) in [7, 11) is 0. The summed E-state index contributed by atoms with van der Waals surface area (Å²) in [6.45, 7) is 5.70. The normalized spacial score (nSPS) is 19.7. The van der Waals surface area contributed by atoms with Crippen molar-refractivity contribution in [2.75, 3.05) is 19.6 Å². The monoisotopic (exact) mass is 246 g/mol. The average Bonchev–Trinajstić information content (AvgIpc) is 1.91. The maximum absolute atomic E-state index is 13.2. The van der Waals surface area contributed by atoms with Crippen LogP contribution in [0.1, 0.15) is 26.7 Å². The first-order chi connectivity index (χ1) is 5.47. The van der Waals surface area contributed by atoms with Gasteiger partial charge in [0.05, 0.1) is 0 Å². The summed E-state index contributed by atoms with van der Waals surface area (Å²) >= 11 is 0. The topological polar surface area (TPSA) is 29.3 Å². The second-order valence-electron chi connectivity index (χ2n) is 4.33. The van der Waals surface area contributed by atoms with Gasteiger partial charge in [-0.05, 0) is 39.8 Å². The van der Waals surface area contributed by atoms with Crippen LogP contribution in [0.25, 0.3) is 0 Å². The number of nitrogens with zero attached hydrogens (tertiary/aromatic N) is 1. The molecular weight excluding hydrogens is 226 g/mol. The van der Waals surface area contributed by atoms with E-state index >= 15 is 0 Å². The van der Waals surface area contributed by atoms with Gasteiger partial charge in [-0.15, -0.1) is 24.8 Å². The van der Waals surface area contributed by atoms with Crippen molar-refractivity contribution in [3.63, 3.8) is 0 Å². The van der Waals surface area contributed by atoms with Crippen LogP contribution in [0.3, 0.4) is 0 Å². The van der Waals surface area contributed by atoms with Crippen LogP contribution in [0.2, 0.25) is 0 Å². The zero-order valence-electron chi connectivity index (χ0n) is 8.83. The number of halogens is 3. The molecule has 14 heavy (non-hydrogen) atoms. The molecule has 0 amide bonds. The molecule has 0 unspecified atom stereocenters. The van der Waals surface area contributed by atoms with Gasteiger partial charge in [0.15, 0.2) is 0 Å². The quantitative estimate of drug-likeness (QED) is 0.808. The minimum Gasteiger partial charge on any atom is -0.328 e. The highest BCUT2D eigenvalue weighted by atomic mass is 35.5. The fourth-order valence-corrected chi connectivity index (χ4v) is 1.64. The number of likely N-dealkylation sites (tertiary alicyclic amines) is 1. The van der Waals surface area contributed by atoms with Crippen molar-refractivity contribution >= 4 is 24.8 Å². The van der Waals surface area contributed by atoms with E-state index in [1.54, 1.807) is 13.8 Å². The van der Waals surface area contributed by atoms with Crippen LogP contribution in [0, 0.1) is 0 Å². The van der Waals surface area contributed by atoms with Crippen molar-refractivity contribution in [1.29, 1.82) is 0 Å². The van der Waals surface area contributed by atoms with Crippen LogP contribution >= 0.6 is 24.8 Å². The lowest BCUT2D eigenvalue weighted by molar-refractivity contribution is 0.106. The molecule has 0 radical (unpaired) electrons. The number of nitrogens with two attached hydrogens (primary N) is 1. The molecule has 0 aromatic rings. The highest BCUT2D eigenvalue weighted by Crippen LogP contribution is 2.15. The van der Waals surface area contributed by atoms with Gasteiger partial charge < -0.3 is 10.6 Å². The Bertz CT molecular complexity index is 142. The van der Waals surface area contributed by atoms with E-state index in [4.69, 9.17) is 5.73 Å². The molecule has 0 saturated carbocycles. The first-order valence-corrected chi connectivity index (χ1v) is 4.64. The van der Waals surface area contributed by atoms with Gasteiger partial charge in [-0.3, -0.25) is 0 Å². The SMILES string of the molecule is CC(C)(F)CN1CCC(N)CC1.Cl.Cl. The highest BCUT2D eigenvalue weighted by Gasteiger charge is 2.23. The second-order valence-corrected chi connectivity index (χ2v) is 4.33. The standard InChI is InChI=1S/C9H19FN2.2ClH/c1-9(2,10)7-12-5-3-8(11)4-6-12;;/h8H,3-7,11H2,1-2H3;2*1H. The number of piperidine rings is 1. The van der Waals surface area contributed by atoms with Crippen LogP contribution in [-0.4, -0.2) is 36.2 Å². The molecular formula is C9H21Cl2FN2. The minimum absolute atomic E-state index is 0. The minimum atomic E-state index is -1.07. The third-order valence-electron chi connectivity index (χ3n) is 2.23. The highest BCUT2D eigenvalue weighted by molar-refractivity contribution is 5.85. The van der Waals surface area contributed by atoms with E-state index in [9.17, 15) is 4.39 Å². The summed E-state index contributed by atoms with van der Waals surface area (Å²) in [5.74, 6) is 0. The summed E-state index contributed by atoms with van der Waals surface area (Å²) in [5.41, 5.74) is 4.67. The summed E-state index contributed by atoms with van der Waals surface area (Å²) < 4.78 is 13.2. The van der Waals surface area contributed by atoms with Gasteiger partial charge in [-0.25, -0.2) is 4.39 Å². The molecule has 1 saturated heterocycles. The van der Waals surface area contributed by atoms with E-state index in [0.29, 0.717) is 12.6 Å². The fraction of sp³-hybridized carbons (Fsp3) is 1.00. The van der Waals surface area contributed by atoms with Gasteiger partial charge in [-0.2, -0.15) is 0 Å². The predicted molar refractivity (Wildman–Crippen MR) is 63.3 cm³/mol. The molecule has 88 valence electrons. The van der Waals surface area contributed by atoms with E-state index in [1.165, 1.54) is 0 Å². The zero-order valence-corrected chi connectivity index (χ0v) is 10.5. The van der Waals surface area contributed by atoms with Crippen molar-refractivity contribution in [3.8, 4) is 0 Å². The Morgan fingerprint density at radius 2 is 1.71 bits per heavy atom. The Morgan fingerprint density at radius 3 is 2.07 bits per heavy atom. The van der Waals surface area contributed by atoms with Gasteiger partial charge >= 0.3 is 0 Å². The van der Waals surface area contributed by atoms with E-state index in [1.807, 2.05) is 0 Å². The molecule has 2 N–H and O–H groups in total. The van der Waals surface area contributed by atoms with E-state index in [2.05, 4.69) is 4.90 Å². The number of rotatable bonds is 2. The van der Waals surface area contributed by atoms with Crippen LogP contribution < -0.4 is 5.73 Å². The zero-order chi connectivity index (χ0) is 9.19. The molecule has 1 fully saturated rings. The number of hydrogen-bond acceptors (Lipinski definition) is 2. The Kier molecular flexibility index (Phi) is 8.22. The lowest BCUT2D eigenvalue weighted by Gasteiger charge is -2.33. The van der Waals surface area contributed by atoms with Crippen LogP contribution in [0.5, 0.6) is 0 Å². The summed E-state index contributed by atoms with van der Waals surface area (Å²) in [5, 5.41) is 0. The molecule has 0 atom stereocenters. The van der Waals surface area contributed by atoms with E-state index in [-0.39, 0.29) is 24.8 Å². The smallest absolute Gasteiger partial charge is 0.118 e. The molecule has 0 spiro atoms. The third kappa shape index (κ3) is 6.82. The molecule has 0 bridgehead atoms. The van der Waals surface area contributed by atoms with Gasteiger partial charge in [0, 0.05) is 12.6 Å². The first kappa shape index (κ1) is 16.8. The van der Waals surface area contributed by atoms with Crippen LogP contribution in [-0.2, 0) is 0 Å². The van der Waals surface area contributed by atoms with Crippen molar-refractivity contribution in [1.82, 2.24) is 4.90 Å². The molecule has 0 aromatic heterocycles. The van der Waals surface area contributed by atoms with Crippen LogP contribution in [0.4, 0.5) is 4.39 Å². The van der Waals surface area contributed by atoms with Crippen molar-refractivity contribution < 1.29 is 4.39 Å².